The van der Waals surface area contributed by atoms with Gasteiger partial charge in [-0.2, -0.15) is 5.10 Å². The highest BCUT2D eigenvalue weighted by molar-refractivity contribution is 8.00. The summed E-state index contributed by atoms with van der Waals surface area (Å²) in [4.78, 5) is 33.8. The Bertz CT molecular complexity index is 1440. The molecule has 7 nitrogen and oxygen atoms in total. The van der Waals surface area contributed by atoms with Crippen LogP contribution in [0.1, 0.15) is 53.3 Å². The average Bonchev–Trinajstić information content (AvgIpc) is 3.53. The van der Waals surface area contributed by atoms with E-state index in [0.717, 1.165) is 28.1 Å². The second-order valence-corrected chi connectivity index (χ2v) is 12.5. The molecule has 1 N–H and O–H groups in total. The first kappa shape index (κ1) is 26.2. The third-order valence-corrected chi connectivity index (χ3v) is 8.68. The molecule has 1 atom stereocenters. The molecular formula is C29H31N5O2S2. The Labute approximate surface area is 231 Å². The van der Waals surface area contributed by atoms with Crippen LogP contribution in [0.5, 0.6) is 0 Å². The number of pyridine rings is 1. The predicted molar refractivity (Wildman–Crippen MR) is 154 cm³/mol. The minimum absolute atomic E-state index is 0.0646. The van der Waals surface area contributed by atoms with Crippen molar-refractivity contribution in [2.24, 2.45) is 0 Å². The highest BCUT2D eigenvalue weighted by Gasteiger charge is 2.40. The predicted octanol–water partition coefficient (Wildman–Crippen LogP) is 5.42. The van der Waals surface area contributed by atoms with Gasteiger partial charge in [0, 0.05) is 34.8 Å². The Hall–Kier alpha value is -3.43. The minimum atomic E-state index is -0.281. The van der Waals surface area contributed by atoms with Gasteiger partial charge in [-0.15, -0.1) is 23.1 Å². The number of fused-ring (bicyclic) bond motifs is 1. The molecule has 0 spiro atoms. The molecule has 3 aromatic heterocycles. The molecule has 1 aliphatic heterocycles. The van der Waals surface area contributed by atoms with Crippen LogP contribution in [0.25, 0.3) is 5.69 Å². The number of thiophene rings is 1. The lowest BCUT2D eigenvalue weighted by Gasteiger charge is -2.24. The number of thioether (sulfide) groups is 1. The van der Waals surface area contributed by atoms with Gasteiger partial charge in [-0.25, -0.2) is 4.68 Å². The standard InChI is InChI=1S/C29H31N5O2S2/c1-19-8-5-10-21(14-19)34-28-25(27(32-34)29(2,3)4)26(22-11-7-13-37-22)38-18-24(36)33(28)17-23(35)31-16-20-9-6-12-30-15-20/h5-15,26H,16-18H2,1-4H3,(H,31,35)/t26-/m1/s1. The number of nitrogens with zero attached hydrogens (tertiary/aromatic N) is 4. The van der Waals surface area contributed by atoms with E-state index in [0.29, 0.717) is 12.4 Å². The lowest BCUT2D eigenvalue weighted by atomic mass is 9.88. The molecule has 5 rings (SSSR count). The molecule has 0 bridgehead atoms. The van der Waals surface area contributed by atoms with Crippen molar-refractivity contribution in [3.05, 3.63) is 93.6 Å². The Morgan fingerprint density at radius 1 is 1.16 bits per heavy atom. The summed E-state index contributed by atoms with van der Waals surface area (Å²) in [6.07, 6.45) is 3.42. The van der Waals surface area contributed by atoms with E-state index in [4.69, 9.17) is 5.10 Å². The van der Waals surface area contributed by atoms with Crippen LogP contribution in [0, 0.1) is 6.92 Å². The van der Waals surface area contributed by atoms with Crippen molar-refractivity contribution in [3.63, 3.8) is 0 Å². The summed E-state index contributed by atoms with van der Waals surface area (Å²) in [6.45, 7) is 8.72. The molecule has 2 amide bonds. The monoisotopic (exact) mass is 545 g/mol. The average molecular weight is 546 g/mol. The number of carbonyl (C=O) groups excluding carboxylic acids is 2. The number of hydrogen-bond donors (Lipinski definition) is 1. The van der Waals surface area contributed by atoms with Crippen molar-refractivity contribution in [3.8, 4) is 5.69 Å². The second-order valence-electron chi connectivity index (χ2n) is 10.4. The van der Waals surface area contributed by atoms with Crippen LogP contribution in [0.15, 0.2) is 66.3 Å². The number of carbonyl (C=O) groups is 2. The molecule has 0 saturated carbocycles. The summed E-state index contributed by atoms with van der Waals surface area (Å²) in [7, 11) is 0. The Kier molecular flexibility index (Phi) is 7.40. The smallest absolute Gasteiger partial charge is 0.240 e. The lowest BCUT2D eigenvalue weighted by Crippen LogP contribution is -2.42. The Morgan fingerprint density at radius 3 is 2.68 bits per heavy atom. The molecule has 1 aromatic carbocycles. The normalized spacial score (nSPS) is 15.7. The van der Waals surface area contributed by atoms with Crippen LogP contribution < -0.4 is 10.2 Å². The van der Waals surface area contributed by atoms with E-state index in [-0.39, 0.29) is 34.8 Å². The number of rotatable bonds is 6. The van der Waals surface area contributed by atoms with Crippen molar-refractivity contribution < 1.29 is 9.59 Å². The van der Waals surface area contributed by atoms with E-state index in [1.165, 1.54) is 4.88 Å². The molecule has 1 aliphatic rings. The fraction of sp³-hybridized carbons (Fsp3) is 0.310. The largest absolute Gasteiger partial charge is 0.350 e. The van der Waals surface area contributed by atoms with Gasteiger partial charge < -0.3 is 5.32 Å². The highest BCUT2D eigenvalue weighted by Crippen LogP contribution is 2.49. The fourth-order valence-electron chi connectivity index (χ4n) is 4.58. The van der Waals surface area contributed by atoms with E-state index < -0.39 is 0 Å². The number of aryl methyl sites for hydroxylation is 1. The lowest BCUT2D eigenvalue weighted by molar-refractivity contribution is -0.123. The van der Waals surface area contributed by atoms with E-state index in [1.807, 2.05) is 48.0 Å². The van der Waals surface area contributed by atoms with E-state index in [2.05, 4.69) is 48.6 Å². The number of amides is 2. The van der Waals surface area contributed by atoms with Gasteiger partial charge in [0.15, 0.2) is 0 Å². The van der Waals surface area contributed by atoms with Crippen LogP contribution >= 0.6 is 23.1 Å². The number of nitrogens with one attached hydrogen (secondary N) is 1. The fourth-order valence-corrected chi connectivity index (χ4v) is 6.76. The molecule has 196 valence electrons. The Morgan fingerprint density at radius 2 is 2.00 bits per heavy atom. The maximum absolute atomic E-state index is 13.7. The van der Waals surface area contributed by atoms with Crippen LogP contribution in [-0.4, -0.2) is 38.9 Å². The number of hydrogen-bond acceptors (Lipinski definition) is 6. The topological polar surface area (TPSA) is 80.1 Å². The van der Waals surface area contributed by atoms with E-state index in [1.54, 1.807) is 40.4 Å². The number of aromatic nitrogens is 3. The van der Waals surface area contributed by atoms with Crippen LogP contribution in [-0.2, 0) is 21.5 Å². The first-order chi connectivity index (χ1) is 18.2. The summed E-state index contributed by atoms with van der Waals surface area (Å²) in [6, 6.07) is 16.0. The van der Waals surface area contributed by atoms with Gasteiger partial charge in [0.05, 0.1) is 22.4 Å². The van der Waals surface area contributed by atoms with Crippen LogP contribution in [0.4, 0.5) is 5.82 Å². The zero-order chi connectivity index (χ0) is 26.9. The quantitative estimate of drug-likeness (QED) is 0.350. The van der Waals surface area contributed by atoms with Crippen LogP contribution in [0.3, 0.4) is 0 Å². The highest BCUT2D eigenvalue weighted by atomic mass is 32.2. The summed E-state index contributed by atoms with van der Waals surface area (Å²) >= 11 is 3.28. The van der Waals surface area contributed by atoms with Gasteiger partial charge in [-0.05, 0) is 47.7 Å². The zero-order valence-electron chi connectivity index (χ0n) is 22.0. The van der Waals surface area contributed by atoms with Crippen molar-refractivity contribution in [2.75, 3.05) is 17.2 Å². The molecular weight excluding hydrogens is 514 g/mol. The zero-order valence-corrected chi connectivity index (χ0v) is 23.6. The van der Waals surface area contributed by atoms with Crippen LogP contribution in [0.2, 0.25) is 0 Å². The first-order valence-corrected chi connectivity index (χ1v) is 14.5. The third kappa shape index (κ3) is 5.39. The second kappa shape index (κ2) is 10.7. The molecule has 0 saturated heterocycles. The van der Waals surface area contributed by atoms with E-state index in [9.17, 15) is 9.59 Å². The maximum atomic E-state index is 13.7. The van der Waals surface area contributed by atoms with Gasteiger partial charge in [0.25, 0.3) is 0 Å². The molecule has 4 aromatic rings. The van der Waals surface area contributed by atoms with Crippen molar-refractivity contribution >= 4 is 40.7 Å². The first-order valence-electron chi connectivity index (χ1n) is 12.5. The van der Waals surface area contributed by atoms with Gasteiger partial charge in [0.1, 0.15) is 12.4 Å². The van der Waals surface area contributed by atoms with Crippen molar-refractivity contribution in [1.29, 1.82) is 0 Å². The Balaban J connectivity index is 1.63. The molecule has 4 heterocycles. The third-order valence-electron chi connectivity index (χ3n) is 6.36. The molecule has 38 heavy (non-hydrogen) atoms. The summed E-state index contributed by atoms with van der Waals surface area (Å²) in [5.74, 6) is 0.596. The van der Waals surface area contributed by atoms with Crippen molar-refractivity contribution in [1.82, 2.24) is 20.1 Å². The molecule has 0 aliphatic carbocycles. The summed E-state index contributed by atoms with van der Waals surface area (Å²) < 4.78 is 1.86. The number of benzene rings is 1. The van der Waals surface area contributed by atoms with Gasteiger partial charge in [-0.3, -0.25) is 19.5 Å². The molecule has 0 fully saturated rings. The molecule has 9 heteroatoms. The van der Waals surface area contributed by atoms with Gasteiger partial charge >= 0.3 is 0 Å². The molecule has 0 unspecified atom stereocenters. The molecule has 0 radical (unpaired) electrons. The van der Waals surface area contributed by atoms with E-state index >= 15 is 0 Å². The van der Waals surface area contributed by atoms with Gasteiger partial charge in [0.2, 0.25) is 11.8 Å². The summed E-state index contributed by atoms with van der Waals surface area (Å²) in [5, 5.41) is 10.1. The number of anilines is 1. The summed E-state index contributed by atoms with van der Waals surface area (Å²) in [5.41, 5.74) is 4.50. The SMILES string of the molecule is Cc1cccc(-n2nc(C(C)(C)C)c3c2N(CC(=O)NCc2cccnc2)C(=O)CS[C@@H]3c2cccs2)c1. The van der Waals surface area contributed by atoms with Gasteiger partial charge in [-0.1, -0.05) is 45.0 Å². The van der Waals surface area contributed by atoms with Crippen molar-refractivity contribution in [2.45, 2.75) is 44.9 Å². The minimum Gasteiger partial charge on any atom is -0.350 e. The maximum Gasteiger partial charge on any atom is 0.240 e.